The highest BCUT2D eigenvalue weighted by Gasteiger charge is 2.21. The molecule has 3 N–H and O–H groups in total. The topological polar surface area (TPSA) is 64.3 Å². The third-order valence-electron chi connectivity index (χ3n) is 3.11. The molecule has 0 radical (unpaired) electrons. The summed E-state index contributed by atoms with van der Waals surface area (Å²) in [6.45, 7) is 2.47. The Labute approximate surface area is 91.5 Å². The average molecular weight is 214 g/mol. The highest BCUT2D eigenvalue weighted by atomic mass is 16.5. The maximum atomic E-state index is 11.2. The lowest BCUT2D eigenvalue weighted by molar-refractivity contribution is -0.122. The van der Waals surface area contributed by atoms with Crippen LogP contribution in [-0.2, 0) is 9.53 Å². The minimum absolute atomic E-state index is 0.0520. The van der Waals surface area contributed by atoms with Gasteiger partial charge in [0.2, 0.25) is 5.91 Å². The van der Waals surface area contributed by atoms with Gasteiger partial charge in [-0.15, -0.1) is 0 Å². The second-order valence-corrected chi connectivity index (χ2v) is 4.41. The van der Waals surface area contributed by atoms with E-state index in [9.17, 15) is 4.79 Å². The highest BCUT2D eigenvalue weighted by Crippen LogP contribution is 2.25. The van der Waals surface area contributed by atoms with E-state index in [1.165, 1.54) is 0 Å². The molecule has 4 heteroatoms. The Kier molecular flexibility index (Phi) is 5.05. The molecule has 15 heavy (non-hydrogen) atoms. The summed E-state index contributed by atoms with van der Waals surface area (Å²) < 4.78 is 5.30. The first-order chi connectivity index (χ1) is 7.13. The fourth-order valence-corrected chi connectivity index (χ4v) is 1.98. The molecule has 0 saturated heterocycles. The first-order valence-corrected chi connectivity index (χ1v) is 5.69. The van der Waals surface area contributed by atoms with Crippen LogP contribution in [0.2, 0.25) is 0 Å². The van der Waals surface area contributed by atoms with Crippen molar-refractivity contribution in [3.63, 3.8) is 0 Å². The van der Waals surface area contributed by atoms with Gasteiger partial charge in [0.1, 0.15) is 0 Å². The van der Waals surface area contributed by atoms with Crippen LogP contribution in [0, 0.1) is 5.92 Å². The van der Waals surface area contributed by atoms with Gasteiger partial charge in [-0.2, -0.15) is 0 Å². The van der Waals surface area contributed by atoms with Crippen LogP contribution in [-0.4, -0.2) is 31.7 Å². The van der Waals surface area contributed by atoms with E-state index < -0.39 is 6.04 Å². The smallest absolute Gasteiger partial charge is 0.236 e. The van der Waals surface area contributed by atoms with Gasteiger partial charge in [0.05, 0.1) is 12.1 Å². The summed E-state index contributed by atoms with van der Waals surface area (Å²) in [5, 5.41) is 2.88. The minimum atomic E-state index is -0.402. The molecular formula is C11H22N2O2. The maximum Gasteiger partial charge on any atom is 0.236 e. The number of carbonyl (C=O) groups is 1. The van der Waals surface area contributed by atoms with Crippen LogP contribution in [0.5, 0.6) is 0 Å². The van der Waals surface area contributed by atoms with E-state index in [1.807, 2.05) is 0 Å². The SMILES string of the molecule is COC1CCC(CNC(=O)[C@H](C)N)CC1. The van der Waals surface area contributed by atoms with Gasteiger partial charge in [0, 0.05) is 13.7 Å². The fourth-order valence-electron chi connectivity index (χ4n) is 1.98. The summed E-state index contributed by atoms with van der Waals surface area (Å²) in [6.07, 6.45) is 4.91. The van der Waals surface area contributed by atoms with E-state index >= 15 is 0 Å². The van der Waals surface area contributed by atoms with E-state index in [0.717, 1.165) is 32.2 Å². The van der Waals surface area contributed by atoms with Crippen molar-refractivity contribution in [2.24, 2.45) is 11.7 Å². The van der Waals surface area contributed by atoms with E-state index in [1.54, 1.807) is 14.0 Å². The summed E-state index contributed by atoms with van der Waals surface area (Å²) in [5.74, 6) is 0.544. The molecule has 88 valence electrons. The minimum Gasteiger partial charge on any atom is -0.381 e. The Morgan fingerprint density at radius 3 is 2.53 bits per heavy atom. The lowest BCUT2D eigenvalue weighted by atomic mass is 9.87. The van der Waals surface area contributed by atoms with Gasteiger partial charge in [-0.3, -0.25) is 4.79 Å². The second-order valence-electron chi connectivity index (χ2n) is 4.41. The number of methoxy groups -OCH3 is 1. The van der Waals surface area contributed by atoms with Gasteiger partial charge in [0.15, 0.2) is 0 Å². The van der Waals surface area contributed by atoms with Crippen molar-refractivity contribution in [2.45, 2.75) is 44.8 Å². The summed E-state index contributed by atoms with van der Waals surface area (Å²) >= 11 is 0. The highest BCUT2D eigenvalue weighted by molar-refractivity contribution is 5.80. The zero-order valence-electron chi connectivity index (χ0n) is 9.66. The number of hydrogen-bond acceptors (Lipinski definition) is 3. The third-order valence-corrected chi connectivity index (χ3v) is 3.11. The zero-order chi connectivity index (χ0) is 11.3. The van der Waals surface area contributed by atoms with Gasteiger partial charge in [-0.1, -0.05) is 0 Å². The van der Waals surface area contributed by atoms with Gasteiger partial charge in [-0.05, 0) is 38.5 Å². The monoisotopic (exact) mass is 214 g/mol. The van der Waals surface area contributed by atoms with Crippen LogP contribution in [0.1, 0.15) is 32.6 Å². The summed E-state index contributed by atoms with van der Waals surface area (Å²) in [7, 11) is 1.77. The molecule has 0 unspecified atom stereocenters. The van der Waals surface area contributed by atoms with Crippen molar-refractivity contribution in [1.29, 1.82) is 0 Å². The number of rotatable bonds is 4. The Morgan fingerprint density at radius 1 is 1.47 bits per heavy atom. The Morgan fingerprint density at radius 2 is 2.07 bits per heavy atom. The van der Waals surface area contributed by atoms with E-state index in [4.69, 9.17) is 10.5 Å². The third kappa shape index (κ3) is 4.18. The van der Waals surface area contributed by atoms with Crippen LogP contribution in [0.4, 0.5) is 0 Å². The lowest BCUT2D eigenvalue weighted by Gasteiger charge is -2.27. The molecule has 1 rings (SSSR count). The molecule has 1 amide bonds. The number of amides is 1. The predicted molar refractivity (Wildman–Crippen MR) is 59.4 cm³/mol. The van der Waals surface area contributed by atoms with E-state index in [0.29, 0.717) is 12.0 Å². The van der Waals surface area contributed by atoms with Gasteiger partial charge in [-0.25, -0.2) is 0 Å². The maximum absolute atomic E-state index is 11.2. The van der Waals surface area contributed by atoms with Crippen molar-refractivity contribution in [2.75, 3.05) is 13.7 Å². The average Bonchev–Trinajstić information content (AvgIpc) is 2.26. The first-order valence-electron chi connectivity index (χ1n) is 5.69. The molecule has 0 aromatic carbocycles. The Balaban J connectivity index is 2.16. The predicted octanol–water partition coefficient (Wildman–Crippen LogP) is 0.655. The van der Waals surface area contributed by atoms with Crippen LogP contribution >= 0.6 is 0 Å². The largest absolute Gasteiger partial charge is 0.381 e. The summed E-state index contributed by atoms with van der Waals surface area (Å²) in [5.41, 5.74) is 5.46. The summed E-state index contributed by atoms with van der Waals surface area (Å²) in [4.78, 5) is 11.2. The van der Waals surface area contributed by atoms with Gasteiger partial charge < -0.3 is 15.8 Å². The lowest BCUT2D eigenvalue weighted by Crippen LogP contribution is -2.41. The van der Waals surface area contributed by atoms with Gasteiger partial charge >= 0.3 is 0 Å². The van der Waals surface area contributed by atoms with Gasteiger partial charge in [0.25, 0.3) is 0 Å². The molecule has 1 aliphatic carbocycles. The van der Waals surface area contributed by atoms with Crippen molar-refractivity contribution in [3.05, 3.63) is 0 Å². The molecule has 1 aliphatic rings. The first kappa shape index (κ1) is 12.5. The molecule has 1 saturated carbocycles. The number of nitrogens with one attached hydrogen (secondary N) is 1. The molecule has 1 atom stereocenters. The molecule has 0 spiro atoms. The number of hydrogen-bond donors (Lipinski definition) is 2. The van der Waals surface area contributed by atoms with E-state index in [2.05, 4.69) is 5.32 Å². The van der Waals surface area contributed by atoms with Crippen LogP contribution in [0.25, 0.3) is 0 Å². The molecule has 0 aromatic heterocycles. The molecule has 4 nitrogen and oxygen atoms in total. The zero-order valence-corrected chi connectivity index (χ0v) is 9.66. The normalized spacial score (nSPS) is 28.5. The van der Waals surface area contributed by atoms with E-state index in [-0.39, 0.29) is 5.91 Å². The fraction of sp³-hybridized carbons (Fsp3) is 0.909. The van der Waals surface area contributed by atoms with Crippen molar-refractivity contribution >= 4 is 5.91 Å². The van der Waals surface area contributed by atoms with Crippen molar-refractivity contribution < 1.29 is 9.53 Å². The molecule has 0 heterocycles. The molecule has 0 bridgehead atoms. The van der Waals surface area contributed by atoms with Crippen LogP contribution in [0.3, 0.4) is 0 Å². The quantitative estimate of drug-likeness (QED) is 0.722. The molecule has 1 fully saturated rings. The second kappa shape index (κ2) is 6.08. The number of carbonyl (C=O) groups excluding carboxylic acids is 1. The molecular weight excluding hydrogens is 192 g/mol. The summed E-state index contributed by atoms with van der Waals surface area (Å²) in [6, 6.07) is -0.402. The van der Waals surface area contributed by atoms with Crippen LogP contribution < -0.4 is 11.1 Å². The van der Waals surface area contributed by atoms with Crippen molar-refractivity contribution in [1.82, 2.24) is 5.32 Å². The Bertz CT molecular complexity index is 199. The number of nitrogens with two attached hydrogens (primary N) is 1. The Hall–Kier alpha value is -0.610. The van der Waals surface area contributed by atoms with Crippen LogP contribution in [0.15, 0.2) is 0 Å². The molecule has 0 aliphatic heterocycles. The standard InChI is InChI=1S/C11H22N2O2/c1-8(12)11(14)13-7-9-3-5-10(15-2)6-4-9/h8-10H,3-7,12H2,1-2H3,(H,13,14)/t8-,9?,10?/m0/s1. The van der Waals surface area contributed by atoms with Crippen molar-refractivity contribution in [3.8, 4) is 0 Å². The number of ether oxygens (including phenoxy) is 1. The molecule has 0 aromatic rings.